The van der Waals surface area contributed by atoms with Crippen molar-refractivity contribution in [3.05, 3.63) is 92.3 Å². The van der Waals surface area contributed by atoms with Crippen LogP contribution in [0.3, 0.4) is 0 Å². The molecule has 0 spiro atoms. The maximum Gasteiger partial charge on any atom is 0.262 e. The lowest BCUT2D eigenvalue weighted by Crippen LogP contribution is -2.24. The van der Waals surface area contributed by atoms with E-state index in [1.165, 1.54) is 6.07 Å². The molecule has 4 rings (SSSR count). The number of amides is 2. The number of nitrogens with zero attached hydrogens (tertiary/aromatic N) is 1. The minimum atomic E-state index is -0.654. The molecule has 144 valence electrons. The van der Waals surface area contributed by atoms with Gasteiger partial charge in [-0.15, -0.1) is 0 Å². The highest BCUT2D eigenvalue weighted by atomic mass is 16.2. The zero-order valence-corrected chi connectivity index (χ0v) is 15.8. The summed E-state index contributed by atoms with van der Waals surface area (Å²) < 4.78 is 1.12. The van der Waals surface area contributed by atoms with Gasteiger partial charge in [0.15, 0.2) is 5.78 Å². The number of benzene rings is 2. The number of rotatable bonds is 3. The SMILES string of the molecule is Cc1ccc(C(=O)c2cccc(-n3c(N)c4c(cc3=O)C(=O)NC4=O)c2)cc1C. The first kappa shape index (κ1) is 18.4. The predicted octanol–water partition coefficient (Wildman–Crippen LogP) is 2.15. The van der Waals surface area contributed by atoms with Crippen molar-refractivity contribution in [3.63, 3.8) is 0 Å². The van der Waals surface area contributed by atoms with Gasteiger partial charge in [-0.3, -0.25) is 29.1 Å². The Morgan fingerprint density at radius 3 is 2.34 bits per heavy atom. The molecular formula is C22H17N3O4. The fraction of sp³-hybridized carbons (Fsp3) is 0.0909. The number of hydrogen-bond donors (Lipinski definition) is 2. The van der Waals surface area contributed by atoms with Gasteiger partial charge in [-0.05, 0) is 43.2 Å². The van der Waals surface area contributed by atoms with E-state index in [0.29, 0.717) is 16.8 Å². The van der Waals surface area contributed by atoms with Gasteiger partial charge in [-0.2, -0.15) is 0 Å². The third-order valence-corrected chi connectivity index (χ3v) is 5.09. The van der Waals surface area contributed by atoms with Crippen LogP contribution >= 0.6 is 0 Å². The zero-order valence-electron chi connectivity index (χ0n) is 15.8. The summed E-state index contributed by atoms with van der Waals surface area (Å²) >= 11 is 0. The highest BCUT2D eigenvalue weighted by molar-refractivity contribution is 6.23. The van der Waals surface area contributed by atoms with Gasteiger partial charge in [0.25, 0.3) is 17.4 Å². The second-order valence-electron chi connectivity index (χ2n) is 6.95. The molecule has 2 heterocycles. The van der Waals surface area contributed by atoms with E-state index >= 15 is 0 Å². The summed E-state index contributed by atoms with van der Waals surface area (Å²) in [5.74, 6) is -1.65. The van der Waals surface area contributed by atoms with E-state index < -0.39 is 17.4 Å². The van der Waals surface area contributed by atoms with Gasteiger partial charge in [-0.1, -0.05) is 24.3 Å². The standard InChI is InChI=1S/C22H17N3O4/c1-11-6-7-14(8-12(11)2)19(27)13-4-3-5-15(9-13)25-17(26)10-16-18(20(25)23)22(29)24-21(16)28/h3-10H,23H2,1-2H3,(H,24,28,29). The predicted molar refractivity (Wildman–Crippen MR) is 108 cm³/mol. The number of carbonyl (C=O) groups excluding carboxylic acids is 3. The van der Waals surface area contributed by atoms with E-state index in [0.717, 1.165) is 21.8 Å². The third kappa shape index (κ3) is 2.93. The van der Waals surface area contributed by atoms with Crippen molar-refractivity contribution in [1.82, 2.24) is 9.88 Å². The number of carbonyl (C=O) groups is 3. The number of nitrogens with one attached hydrogen (secondary N) is 1. The van der Waals surface area contributed by atoms with Gasteiger partial charge in [-0.25, -0.2) is 0 Å². The number of nitrogens with two attached hydrogens (primary N) is 1. The fourth-order valence-electron chi connectivity index (χ4n) is 3.38. The van der Waals surface area contributed by atoms with Crippen LogP contribution in [0.15, 0.2) is 53.3 Å². The van der Waals surface area contributed by atoms with E-state index in [1.807, 2.05) is 26.0 Å². The molecule has 1 aliphatic rings. The Morgan fingerprint density at radius 1 is 0.897 bits per heavy atom. The molecule has 7 heteroatoms. The van der Waals surface area contributed by atoms with Crippen LogP contribution in [0.25, 0.3) is 5.69 Å². The van der Waals surface area contributed by atoms with E-state index in [4.69, 9.17) is 5.73 Å². The Morgan fingerprint density at radius 2 is 1.62 bits per heavy atom. The lowest BCUT2D eigenvalue weighted by molar-refractivity contribution is 0.0879. The molecule has 29 heavy (non-hydrogen) atoms. The van der Waals surface area contributed by atoms with E-state index in [-0.39, 0.29) is 22.7 Å². The highest BCUT2D eigenvalue weighted by Crippen LogP contribution is 2.24. The molecular weight excluding hydrogens is 370 g/mol. The number of fused-ring (bicyclic) bond motifs is 1. The van der Waals surface area contributed by atoms with Crippen molar-refractivity contribution in [2.75, 3.05) is 5.73 Å². The van der Waals surface area contributed by atoms with Crippen molar-refractivity contribution < 1.29 is 14.4 Å². The van der Waals surface area contributed by atoms with Crippen molar-refractivity contribution in [2.45, 2.75) is 13.8 Å². The molecule has 0 aliphatic carbocycles. The molecule has 3 aromatic rings. The Bertz CT molecular complexity index is 1290. The molecule has 0 saturated heterocycles. The maximum atomic E-state index is 12.9. The first-order chi connectivity index (χ1) is 13.8. The minimum Gasteiger partial charge on any atom is -0.384 e. The Kier molecular flexibility index (Phi) is 4.15. The van der Waals surface area contributed by atoms with Crippen molar-refractivity contribution in [2.24, 2.45) is 0 Å². The van der Waals surface area contributed by atoms with Crippen molar-refractivity contribution in [1.29, 1.82) is 0 Å². The van der Waals surface area contributed by atoms with E-state index in [2.05, 4.69) is 5.32 Å². The molecule has 1 aromatic heterocycles. The van der Waals surface area contributed by atoms with Gasteiger partial charge in [0.1, 0.15) is 5.82 Å². The number of imide groups is 1. The van der Waals surface area contributed by atoms with Crippen molar-refractivity contribution in [3.8, 4) is 5.69 Å². The van der Waals surface area contributed by atoms with Crippen LogP contribution in [0.5, 0.6) is 0 Å². The zero-order chi connectivity index (χ0) is 20.9. The topological polar surface area (TPSA) is 111 Å². The molecule has 0 atom stereocenters. The molecule has 0 unspecified atom stereocenters. The molecule has 0 saturated carbocycles. The molecule has 0 fully saturated rings. The average molecular weight is 387 g/mol. The van der Waals surface area contributed by atoms with E-state index in [1.54, 1.807) is 24.3 Å². The fourth-order valence-corrected chi connectivity index (χ4v) is 3.38. The van der Waals surface area contributed by atoms with Gasteiger partial charge in [0.2, 0.25) is 0 Å². The second-order valence-corrected chi connectivity index (χ2v) is 6.95. The van der Waals surface area contributed by atoms with E-state index in [9.17, 15) is 19.2 Å². The van der Waals surface area contributed by atoms with Gasteiger partial charge >= 0.3 is 0 Å². The largest absolute Gasteiger partial charge is 0.384 e. The lowest BCUT2D eigenvalue weighted by Gasteiger charge is -2.13. The molecule has 0 bridgehead atoms. The average Bonchev–Trinajstić information content (AvgIpc) is 2.97. The summed E-state index contributed by atoms with van der Waals surface area (Å²) in [4.78, 5) is 49.3. The molecule has 2 amide bonds. The monoisotopic (exact) mass is 387 g/mol. The van der Waals surface area contributed by atoms with Crippen LogP contribution in [0.1, 0.15) is 47.8 Å². The number of hydrogen-bond acceptors (Lipinski definition) is 5. The third-order valence-electron chi connectivity index (χ3n) is 5.09. The molecule has 3 N–H and O–H groups in total. The summed E-state index contributed by atoms with van der Waals surface area (Å²) in [6.45, 7) is 3.90. The summed E-state index contributed by atoms with van der Waals surface area (Å²) in [6, 6.07) is 12.9. The summed E-state index contributed by atoms with van der Waals surface area (Å²) in [6.07, 6.45) is 0. The summed E-state index contributed by atoms with van der Waals surface area (Å²) in [7, 11) is 0. The number of aromatic nitrogens is 1. The maximum absolute atomic E-state index is 12.9. The van der Waals surface area contributed by atoms with Crippen LogP contribution in [0, 0.1) is 13.8 Å². The normalized spacial score (nSPS) is 12.6. The number of anilines is 1. The molecule has 0 radical (unpaired) electrons. The molecule has 1 aliphatic heterocycles. The van der Waals surface area contributed by atoms with Crippen LogP contribution in [-0.2, 0) is 0 Å². The van der Waals surface area contributed by atoms with Crippen LogP contribution < -0.4 is 16.6 Å². The number of pyridine rings is 1. The van der Waals surface area contributed by atoms with Crippen molar-refractivity contribution >= 4 is 23.4 Å². The number of aryl methyl sites for hydroxylation is 2. The van der Waals surface area contributed by atoms with Gasteiger partial charge < -0.3 is 5.73 Å². The van der Waals surface area contributed by atoms with Crippen LogP contribution in [0.4, 0.5) is 5.82 Å². The molecule has 7 nitrogen and oxygen atoms in total. The van der Waals surface area contributed by atoms with Crippen LogP contribution in [-0.4, -0.2) is 22.2 Å². The second kappa shape index (κ2) is 6.56. The number of ketones is 1. The Balaban J connectivity index is 1.83. The summed E-state index contributed by atoms with van der Waals surface area (Å²) in [5.41, 5.74) is 8.73. The van der Waals surface area contributed by atoms with Gasteiger partial charge in [0.05, 0.1) is 16.8 Å². The highest BCUT2D eigenvalue weighted by Gasteiger charge is 2.31. The first-order valence-corrected chi connectivity index (χ1v) is 8.91. The number of nitrogen functional groups attached to an aromatic ring is 1. The van der Waals surface area contributed by atoms with Crippen LogP contribution in [0.2, 0.25) is 0 Å². The smallest absolute Gasteiger partial charge is 0.262 e. The lowest BCUT2D eigenvalue weighted by atomic mass is 9.99. The Hall–Kier alpha value is -4.00. The van der Waals surface area contributed by atoms with Gasteiger partial charge in [0, 0.05) is 17.2 Å². The quantitative estimate of drug-likeness (QED) is 0.528. The minimum absolute atomic E-state index is 0.0412. The summed E-state index contributed by atoms with van der Waals surface area (Å²) in [5, 5.41) is 2.13. The molecule has 2 aromatic carbocycles. The first-order valence-electron chi connectivity index (χ1n) is 8.91. The Labute approximate surface area is 165 Å².